The van der Waals surface area contributed by atoms with Gasteiger partial charge in [0.15, 0.2) is 0 Å². The Hall–Kier alpha value is -3.34. The number of nitrogens with two attached hydrogens (primary N) is 1. The molecule has 0 fully saturated rings. The van der Waals surface area contributed by atoms with E-state index in [9.17, 15) is 4.79 Å². The van der Waals surface area contributed by atoms with E-state index in [1.807, 2.05) is 24.3 Å². The average molecular weight is 320 g/mol. The third-order valence-corrected chi connectivity index (χ3v) is 3.48. The van der Waals surface area contributed by atoms with E-state index in [0.717, 1.165) is 11.1 Å². The van der Waals surface area contributed by atoms with Gasteiger partial charge in [-0.15, -0.1) is 0 Å². The van der Waals surface area contributed by atoms with Gasteiger partial charge in [0, 0.05) is 17.4 Å². The molecule has 0 saturated carbocycles. The summed E-state index contributed by atoms with van der Waals surface area (Å²) >= 11 is 0. The van der Waals surface area contributed by atoms with E-state index in [0.29, 0.717) is 22.9 Å². The highest BCUT2D eigenvalue weighted by molar-refractivity contribution is 5.90. The number of carbonyl (C=O) groups excluding carboxylic acids is 1. The number of pyridine rings is 1. The van der Waals surface area contributed by atoms with Crippen molar-refractivity contribution in [1.29, 1.82) is 0 Å². The Morgan fingerprint density at radius 1 is 1.00 bits per heavy atom. The third kappa shape index (κ3) is 3.35. The van der Waals surface area contributed by atoms with Crippen molar-refractivity contribution in [3.8, 4) is 22.8 Å². The number of rotatable bonds is 4. The van der Waals surface area contributed by atoms with Crippen LogP contribution in [-0.2, 0) is 4.74 Å². The molecule has 1 aromatic heterocycles. The highest BCUT2D eigenvalue weighted by Gasteiger charge is 2.10. The molecule has 0 amide bonds. The van der Waals surface area contributed by atoms with Crippen molar-refractivity contribution in [1.82, 2.24) is 4.98 Å². The predicted molar refractivity (Wildman–Crippen MR) is 91.9 cm³/mol. The Morgan fingerprint density at radius 3 is 2.38 bits per heavy atom. The van der Waals surface area contributed by atoms with Gasteiger partial charge in [0.2, 0.25) is 5.88 Å². The summed E-state index contributed by atoms with van der Waals surface area (Å²) < 4.78 is 10.6. The molecule has 2 N–H and O–H groups in total. The number of anilines is 1. The monoisotopic (exact) mass is 320 g/mol. The maximum atomic E-state index is 11.5. The van der Waals surface area contributed by atoms with E-state index < -0.39 is 0 Å². The third-order valence-electron chi connectivity index (χ3n) is 3.48. The zero-order chi connectivity index (χ0) is 16.9. The molecule has 1 heterocycles. The molecule has 0 aliphatic carbocycles. The lowest BCUT2D eigenvalue weighted by Crippen LogP contribution is -2.00. The lowest BCUT2D eigenvalue weighted by Gasteiger charge is -2.10. The highest BCUT2D eigenvalue weighted by Crippen LogP contribution is 2.31. The number of nitrogen functional groups attached to an aromatic ring is 1. The second kappa shape index (κ2) is 6.83. The van der Waals surface area contributed by atoms with Crippen LogP contribution in [-0.4, -0.2) is 18.1 Å². The number of hydrogen-bond acceptors (Lipinski definition) is 5. The molecule has 2 aromatic carbocycles. The van der Waals surface area contributed by atoms with E-state index in [-0.39, 0.29) is 5.97 Å². The Bertz CT molecular complexity index is 843. The van der Waals surface area contributed by atoms with Gasteiger partial charge in [0.25, 0.3) is 0 Å². The van der Waals surface area contributed by atoms with Gasteiger partial charge in [0.05, 0.1) is 12.7 Å². The van der Waals surface area contributed by atoms with Gasteiger partial charge in [-0.05, 0) is 54.1 Å². The quantitative estimate of drug-likeness (QED) is 0.583. The van der Waals surface area contributed by atoms with Crippen LogP contribution in [0.5, 0.6) is 11.6 Å². The summed E-state index contributed by atoms with van der Waals surface area (Å²) in [4.78, 5) is 15.8. The zero-order valence-corrected chi connectivity index (χ0v) is 13.1. The van der Waals surface area contributed by atoms with Crippen molar-refractivity contribution >= 4 is 11.7 Å². The standard InChI is InChI=1S/C19H16N2O3/c1-23-19(22)14-6-4-13(5-7-14)17-3-2-12-21-18(17)24-16-10-8-15(20)9-11-16/h2-12H,20H2,1H3. The smallest absolute Gasteiger partial charge is 0.337 e. The Labute approximate surface area is 139 Å². The Kier molecular flexibility index (Phi) is 4.43. The lowest BCUT2D eigenvalue weighted by molar-refractivity contribution is 0.0601. The summed E-state index contributed by atoms with van der Waals surface area (Å²) in [5.74, 6) is 0.759. The van der Waals surface area contributed by atoms with Gasteiger partial charge in [-0.3, -0.25) is 0 Å². The minimum Gasteiger partial charge on any atom is -0.465 e. The number of aromatic nitrogens is 1. The number of benzene rings is 2. The maximum absolute atomic E-state index is 11.5. The molecule has 120 valence electrons. The van der Waals surface area contributed by atoms with Crippen molar-refractivity contribution < 1.29 is 14.3 Å². The van der Waals surface area contributed by atoms with Crippen molar-refractivity contribution in [3.63, 3.8) is 0 Å². The second-order valence-corrected chi connectivity index (χ2v) is 5.10. The molecule has 0 unspecified atom stereocenters. The molecule has 0 aliphatic rings. The summed E-state index contributed by atoms with van der Waals surface area (Å²) in [7, 11) is 1.36. The van der Waals surface area contributed by atoms with Crippen LogP contribution in [0.4, 0.5) is 5.69 Å². The molecule has 3 rings (SSSR count). The minimum absolute atomic E-state index is 0.369. The molecule has 5 heteroatoms. The van der Waals surface area contributed by atoms with E-state index >= 15 is 0 Å². The first-order valence-electron chi connectivity index (χ1n) is 7.34. The van der Waals surface area contributed by atoms with Crippen molar-refractivity contribution in [2.75, 3.05) is 12.8 Å². The van der Waals surface area contributed by atoms with Crippen LogP contribution in [0.25, 0.3) is 11.1 Å². The number of carbonyl (C=O) groups is 1. The summed E-state index contributed by atoms with van der Waals surface area (Å²) in [6, 6.07) is 17.9. The van der Waals surface area contributed by atoms with Crippen LogP contribution in [0, 0.1) is 0 Å². The number of methoxy groups -OCH3 is 1. The molecule has 3 aromatic rings. The number of ether oxygens (including phenoxy) is 2. The Morgan fingerprint density at radius 2 is 1.71 bits per heavy atom. The van der Waals surface area contributed by atoms with Crippen molar-refractivity contribution in [2.24, 2.45) is 0 Å². The number of esters is 1. The summed E-state index contributed by atoms with van der Waals surface area (Å²) in [5.41, 5.74) is 8.56. The maximum Gasteiger partial charge on any atom is 0.337 e. The highest BCUT2D eigenvalue weighted by atomic mass is 16.5. The molecule has 0 saturated heterocycles. The van der Waals surface area contributed by atoms with Gasteiger partial charge in [-0.1, -0.05) is 12.1 Å². The van der Waals surface area contributed by atoms with E-state index in [4.69, 9.17) is 15.2 Å². The second-order valence-electron chi connectivity index (χ2n) is 5.10. The predicted octanol–water partition coefficient (Wildman–Crippen LogP) is 3.91. The molecule has 5 nitrogen and oxygen atoms in total. The molecular formula is C19H16N2O3. The summed E-state index contributed by atoms with van der Waals surface area (Å²) in [5, 5.41) is 0. The fourth-order valence-corrected chi connectivity index (χ4v) is 2.24. The first kappa shape index (κ1) is 15.6. The van der Waals surface area contributed by atoms with Crippen molar-refractivity contribution in [3.05, 3.63) is 72.4 Å². The molecule has 0 radical (unpaired) electrons. The fourth-order valence-electron chi connectivity index (χ4n) is 2.24. The first-order valence-corrected chi connectivity index (χ1v) is 7.34. The van der Waals surface area contributed by atoms with E-state index in [2.05, 4.69) is 4.98 Å². The van der Waals surface area contributed by atoms with Crippen LogP contribution < -0.4 is 10.5 Å². The first-order chi connectivity index (χ1) is 11.7. The molecule has 0 atom stereocenters. The van der Waals surface area contributed by atoms with Crippen LogP contribution >= 0.6 is 0 Å². The normalized spacial score (nSPS) is 10.2. The molecular weight excluding hydrogens is 304 g/mol. The molecule has 0 bridgehead atoms. The van der Waals surface area contributed by atoms with Gasteiger partial charge in [-0.25, -0.2) is 9.78 Å². The average Bonchev–Trinajstić information content (AvgIpc) is 2.63. The largest absolute Gasteiger partial charge is 0.465 e. The SMILES string of the molecule is COC(=O)c1ccc(-c2cccnc2Oc2ccc(N)cc2)cc1. The van der Waals surface area contributed by atoms with Crippen LogP contribution in [0.1, 0.15) is 10.4 Å². The zero-order valence-electron chi connectivity index (χ0n) is 13.1. The molecule has 0 aliphatic heterocycles. The van der Waals surface area contributed by atoms with Crippen molar-refractivity contribution in [2.45, 2.75) is 0 Å². The van der Waals surface area contributed by atoms with Crippen LogP contribution in [0.3, 0.4) is 0 Å². The minimum atomic E-state index is -0.369. The summed E-state index contributed by atoms with van der Waals surface area (Å²) in [6.07, 6.45) is 1.67. The number of nitrogens with zero attached hydrogens (tertiary/aromatic N) is 1. The molecule has 24 heavy (non-hydrogen) atoms. The van der Waals surface area contributed by atoms with Gasteiger partial charge in [0.1, 0.15) is 5.75 Å². The van der Waals surface area contributed by atoms with E-state index in [1.165, 1.54) is 7.11 Å². The van der Waals surface area contributed by atoms with Crippen LogP contribution in [0.15, 0.2) is 66.9 Å². The van der Waals surface area contributed by atoms with Gasteiger partial charge >= 0.3 is 5.97 Å². The lowest BCUT2D eigenvalue weighted by atomic mass is 10.1. The Balaban J connectivity index is 1.91. The van der Waals surface area contributed by atoms with Crippen LogP contribution in [0.2, 0.25) is 0 Å². The van der Waals surface area contributed by atoms with Gasteiger partial charge < -0.3 is 15.2 Å². The van der Waals surface area contributed by atoms with E-state index in [1.54, 1.807) is 42.6 Å². The fraction of sp³-hybridized carbons (Fsp3) is 0.0526. The summed E-state index contributed by atoms with van der Waals surface area (Å²) in [6.45, 7) is 0. The number of hydrogen-bond donors (Lipinski definition) is 1. The molecule has 0 spiro atoms. The van der Waals surface area contributed by atoms with Gasteiger partial charge in [-0.2, -0.15) is 0 Å². The topological polar surface area (TPSA) is 74.4 Å².